The highest BCUT2D eigenvalue weighted by Gasteiger charge is 2.11. The highest BCUT2D eigenvalue weighted by molar-refractivity contribution is 9.10. The van der Waals surface area contributed by atoms with E-state index in [0.29, 0.717) is 0 Å². The summed E-state index contributed by atoms with van der Waals surface area (Å²) in [7, 11) is 0. The second-order valence-electron chi connectivity index (χ2n) is 4.00. The van der Waals surface area contributed by atoms with E-state index >= 15 is 0 Å². The Balaban J connectivity index is 2.90. The first-order valence-electron chi connectivity index (χ1n) is 4.12. The van der Waals surface area contributed by atoms with Crippen LogP contribution in [-0.2, 0) is 0 Å². The number of hydrogen-bond acceptors (Lipinski definition) is 1. The maximum Gasteiger partial charge on any atom is 0.124 e. The summed E-state index contributed by atoms with van der Waals surface area (Å²) in [5.74, 6) is -0.230. The predicted octanol–water partition coefficient (Wildman–Crippen LogP) is 3.80. The van der Waals surface area contributed by atoms with Gasteiger partial charge in [0, 0.05) is 15.7 Å². The van der Waals surface area contributed by atoms with Gasteiger partial charge in [-0.3, -0.25) is 0 Å². The van der Waals surface area contributed by atoms with Crippen LogP contribution in [0.15, 0.2) is 22.7 Å². The molecule has 0 aliphatic carbocycles. The summed E-state index contributed by atoms with van der Waals surface area (Å²) in [6.45, 7) is 6.17. The first-order valence-corrected chi connectivity index (χ1v) is 4.91. The summed E-state index contributed by atoms with van der Waals surface area (Å²) in [6, 6.07) is 4.62. The second kappa shape index (κ2) is 3.66. The van der Waals surface area contributed by atoms with E-state index in [0.717, 1.165) is 10.2 Å². The lowest BCUT2D eigenvalue weighted by Crippen LogP contribution is -2.26. The summed E-state index contributed by atoms with van der Waals surface area (Å²) in [5.41, 5.74) is 0.897. The van der Waals surface area contributed by atoms with E-state index in [1.165, 1.54) is 12.1 Å². The van der Waals surface area contributed by atoms with Gasteiger partial charge in [0.05, 0.1) is 0 Å². The van der Waals surface area contributed by atoms with Crippen molar-refractivity contribution in [2.24, 2.45) is 0 Å². The molecule has 0 aliphatic rings. The van der Waals surface area contributed by atoms with E-state index in [1.807, 2.05) is 0 Å². The quantitative estimate of drug-likeness (QED) is 0.794. The zero-order chi connectivity index (χ0) is 10.1. The van der Waals surface area contributed by atoms with Crippen molar-refractivity contribution >= 4 is 21.6 Å². The fraction of sp³-hybridized carbons (Fsp3) is 0.400. The van der Waals surface area contributed by atoms with Crippen LogP contribution in [0.2, 0.25) is 0 Å². The molecule has 72 valence electrons. The molecule has 0 aromatic heterocycles. The Hall–Kier alpha value is -0.570. The van der Waals surface area contributed by atoms with Gasteiger partial charge in [-0.15, -0.1) is 0 Å². The van der Waals surface area contributed by atoms with E-state index in [2.05, 4.69) is 42.0 Å². The molecule has 0 spiro atoms. The average molecular weight is 246 g/mol. The molecule has 0 unspecified atom stereocenters. The van der Waals surface area contributed by atoms with Crippen molar-refractivity contribution < 1.29 is 4.39 Å². The fourth-order valence-corrected chi connectivity index (χ4v) is 1.44. The largest absolute Gasteiger partial charge is 0.380 e. The Morgan fingerprint density at radius 2 is 1.92 bits per heavy atom. The van der Waals surface area contributed by atoms with Crippen molar-refractivity contribution in [2.75, 3.05) is 5.32 Å². The Morgan fingerprint density at radius 3 is 2.38 bits per heavy atom. The van der Waals surface area contributed by atoms with Gasteiger partial charge in [-0.25, -0.2) is 4.39 Å². The van der Waals surface area contributed by atoms with E-state index in [-0.39, 0.29) is 11.4 Å². The number of nitrogens with one attached hydrogen (secondary N) is 1. The van der Waals surface area contributed by atoms with Crippen LogP contribution in [0, 0.1) is 5.82 Å². The molecule has 0 aliphatic heterocycles. The van der Waals surface area contributed by atoms with Gasteiger partial charge in [0.15, 0.2) is 0 Å². The van der Waals surface area contributed by atoms with Gasteiger partial charge in [0.1, 0.15) is 5.82 Å². The molecule has 0 fully saturated rings. The summed E-state index contributed by atoms with van der Waals surface area (Å²) < 4.78 is 13.5. The van der Waals surface area contributed by atoms with E-state index < -0.39 is 0 Å². The SMILES string of the molecule is CC(C)(C)Nc1ccc(F)cc1Br. The minimum Gasteiger partial charge on any atom is -0.380 e. The molecule has 1 aromatic carbocycles. The lowest BCUT2D eigenvalue weighted by atomic mass is 10.1. The van der Waals surface area contributed by atoms with E-state index in [9.17, 15) is 4.39 Å². The van der Waals surface area contributed by atoms with Crippen LogP contribution in [0.5, 0.6) is 0 Å². The van der Waals surface area contributed by atoms with Crippen molar-refractivity contribution in [1.82, 2.24) is 0 Å². The molecule has 0 saturated carbocycles. The molecule has 0 radical (unpaired) electrons. The zero-order valence-electron chi connectivity index (χ0n) is 7.99. The third-order valence-corrected chi connectivity index (χ3v) is 2.10. The minimum atomic E-state index is -0.230. The van der Waals surface area contributed by atoms with Crippen LogP contribution < -0.4 is 5.32 Å². The lowest BCUT2D eigenvalue weighted by molar-refractivity contribution is 0.621. The van der Waals surface area contributed by atoms with Crippen molar-refractivity contribution in [1.29, 1.82) is 0 Å². The van der Waals surface area contributed by atoms with Crippen LogP contribution in [0.3, 0.4) is 0 Å². The number of anilines is 1. The van der Waals surface area contributed by atoms with Gasteiger partial charge < -0.3 is 5.32 Å². The molecule has 1 aromatic rings. The molecule has 0 bridgehead atoms. The number of halogens is 2. The van der Waals surface area contributed by atoms with Gasteiger partial charge in [0.25, 0.3) is 0 Å². The molecule has 0 saturated heterocycles. The molecule has 13 heavy (non-hydrogen) atoms. The van der Waals surface area contributed by atoms with Crippen molar-refractivity contribution in [2.45, 2.75) is 26.3 Å². The molecular formula is C10H13BrFN. The topological polar surface area (TPSA) is 12.0 Å². The highest BCUT2D eigenvalue weighted by atomic mass is 79.9. The third kappa shape index (κ3) is 3.35. The third-order valence-electron chi connectivity index (χ3n) is 1.44. The van der Waals surface area contributed by atoms with Crippen LogP contribution >= 0.6 is 15.9 Å². The van der Waals surface area contributed by atoms with Crippen LogP contribution in [-0.4, -0.2) is 5.54 Å². The van der Waals surface area contributed by atoms with Gasteiger partial charge in [-0.2, -0.15) is 0 Å². The molecule has 0 atom stereocenters. The summed E-state index contributed by atoms with van der Waals surface area (Å²) in [6.07, 6.45) is 0. The number of benzene rings is 1. The van der Waals surface area contributed by atoms with Crippen LogP contribution in [0.25, 0.3) is 0 Å². The van der Waals surface area contributed by atoms with Gasteiger partial charge in [0.2, 0.25) is 0 Å². The summed E-state index contributed by atoms with van der Waals surface area (Å²) >= 11 is 3.30. The Labute approximate surface area is 86.5 Å². The van der Waals surface area contributed by atoms with E-state index in [4.69, 9.17) is 0 Å². The van der Waals surface area contributed by atoms with E-state index in [1.54, 1.807) is 6.07 Å². The number of hydrogen-bond donors (Lipinski definition) is 1. The van der Waals surface area contributed by atoms with Crippen molar-refractivity contribution in [3.05, 3.63) is 28.5 Å². The molecule has 0 amide bonds. The molecule has 3 heteroatoms. The smallest absolute Gasteiger partial charge is 0.124 e. The highest BCUT2D eigenvalue weighted by Crippen LogP contribution is 2.25. The normalized spacial score (nSPS) is 11.5. The molecule has 1 nitrogen and oxygen atoms in total. The maximum atomic E-state index is 12.7. The predicted molar refractivity (Wildman–Crippen MR) is 57.5 cm³/mol. The molecule has 1 N–H and O–H groups in total. The first-order chi connectivity index (χ1) is 5.88. The minimum absolute atomic E-state index is 0.0135. The second-order valence-corrected chi connectivity index (χ2v) is 4.85. The Morgan fingerprint density at radius 1 is 1.31 bits per heavy atom. The molecular weight excluding hydrogens is 233 g/mol. The standard InChI is InChI=1S/C10H13BrFN/c1-10(2,3)13-9-5-4-7(12)6-8(9)11/h4-6,13H,1-3H3. The van der Waals surface area contributed by atoms with Gasteiger partial charge >= 0.3 is 0 Å². The number of rotatable bonds is 1. The van der Waals surface area contributed by atoms with Crippen LogP contribution in [0.4, 0.5) is 10.1 Å². The maximum absolute atomic E-state index is 12.7. The zero-order valence-corrected chi connectivity index (χ0v) is 9.57. The van der Waals surface area contributed by atoms with Gasteiger partial charge in [-0.1, -0.05) is 0 Å². The average Bonchev–Trinajstić information content (AvgIpc) is 1.93. The van der Waals surface area contributed by atoms with Crippen molar-refractivity contribution in [3.8, 4) is 0 Å². The van der Waals surface area contributed by atoms with Crippen molar-refractivity contribution in [3.63, 3.8) is 0 Å². The summed E-state index contributed by atoms with van der Waals surface area (Å²) in [5, 5.41) is 3.26. The Kier molecular flexibility index (Phi) is 2.96. The molecule has 0 heterocycles. The van der Waals surface area contributed by atoms with Crippen LogP contribution in [0.1, 0.15) is 20.8 Å². The van der Waals surface area contributed by atoms with Gasteiger partial charge in [-0.05, 0) is 54.9 Å². The first kappa shape index (κ1) is 10.5. The fourth-order valence-electron chi connectivity index (χ4n) is 0.995. The molecule has 1 rings (SSSR count). The Bertz CT molecular complexity index is 304. The lowest BCUT2D eigenvalue weighted by Gasteiger charge is -2.22. The summed E-state index contributed by atoms with van der Waals surface area (Å²) in [4.78, 5) is 0. The monoisotopic (exact) mass is 245 g/mol.